The zero-order chi connectivity index (χ0) is 21.1. The van der Waals surface area contributed by atoms with Crippen molar-refractivity contribution >= 4 is 11.4 Å². The fraction of sp³-hybridized carbons (Fsp3) is 0.455. The van der Waals surface area contributed by atoms with Crippen LogP contribution in [0.15, 0.2) is 40.6 Å². The van der Waals surface area contributed by atoms with Crippen LogP contribution in [-0.4, -0.2) is 41.7 Å². The molecule has 2 heterocycles. The van der Waals surface area contributed by atoms with E-state index in [1.165, 1.54) is 7.11 Å². The fourth-order valence-electron chi connectivity index (χ4n) is 2.70. The summed E-state index contributed by atoms with van der Waals surface area (Å²) in [5.74, 6) is 0. The number of nitrogens with zero attached hydrogens (tertiary/aromatic N) is 4. The Hall–Kier alpha value is -2.80. The van der Waals surface area contributed by atoms with Crippen molar-refractivity contribution < 1.29 is 14.4 Å². The van der Waals surface area contributed by atoms with Gasteiger partial charge in [-0.3, -0.25) is 9.97 Å². The van der Waals surface area contributed by atoms with Crippen molar-refractivity contribution in [2.24, 2.45) is 10.3 Å². The van der Waals surface area contributed by atoms with E-state index in [0.717, 1.165) is 52.6 Å². The molecule has 2 aromatic heterocycles. The van der Waals surface area contributed by atoms with E-state index >= 15 is 0 Å². The smallest absolute Gasteiger partial charge is 0.117 e. The zero-order valence-corrected chi connectivity index (χ0v) is 17.9. The molecule has 0 unspecified atom stereocenters. The summed E-state index contributed by atoms with van der Waals surface area (Å²) in [7, 11) is 1.53. The van der Waals surface area contributed by atoms with E-state index in [2.05, 4.69) is 26.3 Å². The van der Waals surface area contributed by atoms with Crippen LogP contribution >= 0.6 is 0 Å². The molecule has 0 atom stereocenters. The van der Waals surface area contributed by atoms with Crippen LogP contribution in [0.5, 0.6) is 0 Å². The molecule has 2 aromatic rings. The van der Waals surface area contributed by atoms with Gasteiger partial charge in [-0.05, 0) is 70.4 Å². The molecule has 2 rings (SSSR count). The minimum absolute atomic E-state index is 0.501. The van der Waals surface area contributed by atoms with Crippen molar-refractivity contribution in [2.45, 2.75) is 47.1 Å². The molecule has 0 saturated carbocycles. The summed E-state index contributed by atoms with van der Waals surface area (Å²) in [6.07, 6.45) is 1.56. The van der Waals surface area contributed by atoms with E-state index in [1.807, 2.05) is 52.0 Å². The van der Waals surface area contributed by atoms with Crippen molar-refractivity contribution in [2.75, 3.05) is 20.3 Å². The Morgan fingerprint density at radius 3 is 2.55 bits per heavy atom. The Balaban J connectivity index is 1.95. The maximum Gasteiger partial charge on any atom is 0.117 e. The molecule has 0 bridgehead atoms. The van der Waals surface area contributed by atoms with E-state index in [4.69, 9.17) is 14.4 Å². The summed E-state index contributed by atoms with van der Waals surface area (Å²) in [6.45, 7) is 9.41. The summed E-state index contributed by atoms with van der Waals surface area (Å²) in [4.78, 5) is 19.5. The van der Waals surface area contributed by atoms with Crippen LogP contribution in [0.3, 0.4) is 0 Å². The minimum Gasteiger partial charge on any atom is -0.399 e. The van der Waals surface area contributed by atoms with E-state index in [0.29, 0.717) is 19.8 Å². The molecule has 0 fully saturated rings. The van der Waals surface area contributed by atoms with E-state index in [1.54, 1.807) is 0 Å². The SMILES string of the molecule is CCOCc1cc(CCCON=C(C)c2cccc(C)n2)nc(C(C)=NOC)c1. The molecule has 0 amide bonds. The highest BCUT2D eigenvalue weighted by Crippen LogP contribution is 2.11. The van der Waals surface area contributed by atoms with Gasteiger partial charge in [0, 0.05) is 18.0 Å². The molecule has 0 radical (unpaired) electrons. The summed E-state index contributed by atoms with van der Waals surface area (Å²) >= 11 is 0. The average Bonchev–Trinajstić information content (AvgIpc) is 2.72. The van der Waals surface area contributed by atoms with E-state index in [-0.39, 0.29) is 0 Å². The van der Waals surface area contributed by atoms with Crippen LogP contribution in [-0.2, 0) is 27.4 Å². The number of hydrogen-bond donors (Lipinski definition) is 0. The molecule has 0 aliphatic carbocycles. The number of oxime groups is 2. The predicted molar refractivity (Wildman–Crippen MR) is 114 cm³/mol. The minimum atomic E-state index is 0.501. The molecule has 0 N–H and O–H groups in total. The van der Waals surface area contributed by atoms with Crippen LogP contribution in [0.25, 0.3) is 0 Å². The average molecular weight is 399 g/mol. The quantitative estimate of drug-likeness (QED) is 0.324. The second-order valence-corrected chi connectivity index (χ2v) is 6.63. The Bertz CT molecular complexity index is 850. The maximum absolute atomic E-state index is 5.54. The van der Waals surface area contributed by atoms with Gasteiger partial charge in [-0.1, -0.05) is 16.4 Å². The van der Waals surface area contributed by atoms with Crippen LogP contribution in [0.4, 0.5) is 0 Å². The normalized spacial score (nSPS) is 12.2. The van der Waals surface area contributed by atoms with E-state index < -0.39 is 0 Å². The van der Waals surface area contributed by atoms with Gasteiger partial charge in [0.2, 0.25) is 0 Å². The molecular formula is C22H30N4O3. The Kier molecular flexibility index (Phi) is 9.24. The highest BCUT2D eigenvalue weighted by Gasteiger charge is 2.07. The first-order chi connectivity index (χ1) is 14.0. The van der Waals surface area contributed by atoms with E-state index in [9.17, 15) is 0 Å². The van der Waals surface area contributed by atoms with Gasteiger partial charge in [0.25, 0.3) is 0 Å². The van der Waals surface area contributed by atoms with Gasteiger partial charge < -0.3 is 14.4 Å². The first-order valence-electron chi connectivity index (χ1n) is 9.79. The largest absolute Gasteiger partial charge is 0.399 e. The topological polar surface area (TPSA) is 78.2 Å². The second kappa shape index (κ2) is 11.9. The molecule has 0 aliphatic rings. The molecule has 7 heteroatoms. The third kappa shape index (κ3) is 7.62. The highest BCUT2D eigenvalue weighted by molar-refractivity contribution is 5.97. The van der Waals surface area contributed by atoms with Gasteiger partial charge in [0.05, 0.1) is 18.0 Å². The molecule has 29 heavy (non-hydrogen) atoms. The molecule has 156 valence electrons. The van der Waals surface area contributed by atoms with Gasteiger partial charge >= 0.3 is 0 Å². The first kappa shape index (κ1) is 22.5. The Morgan fingerprint density at radius 1 is 1.03 bits per heavy atom. The van der Waals surface area contributed by atoms with Gasteiger partial charge in [0.1, 0.15) is 25.1 Å². The van der Waals surface area contributed by atoms with Crippen LogP contribution < -0.4 is 0 Å². The third-order valence-corrected chi connectivity index (χ3v) is 4.14. The first-order valence-corrected chi connectivity index (χ1v) is 9.79. The van der Waals surface area contributed by atoms with Gasteiger partial charge in [-0.15, -0.1) is 0 Å². The summed E-state index contributed by atoms with van der Waals surface area (Å²) in [6, 6.07) is 9.89. The third-order valence-electron chi connectivity index (χ3n) is 4.14. The zero-order valence-electron chi connectivity index (χ0n) is 17.9. The predicted octanol–water partition coefficient (Wildman–Crippen LogP) is 4.07. The van der Waals surface area contributed by atoms with Crippen molar-refractivity contribution in [1.82, 2.24) is 9.97 Å². The second-order valence-electron chi connectivity index (χ2n) is 6.63. The molecular weight excluding hydrogens is 368 g/mol. The lowest BCUT2D eigenvalue weighted by atomic mass is 10.1. The van der Waals surface area contributed by atoms with Crippen molar-refractivity contribution in [3.63, 3.8) is 0 Å². The van der Waals surface area contributed by atoms with Crippen LogP contribution in [0, 0.1) is 6.92 Å². The standard InChI is InChI=1S/C22H30N4O3/c1-6-28-15-19-13-20(24-22(14-19)18(4)25-27-5)10-8-12-29-26-17(3)21-11-7-9-16(2)23-21/h7,9,11,13-14H,6,8,10,12,15H2,1-5H3. The number of aromatic nitrogens is 2. The molecule has 0 spiro atoms. The summed E-state index contributed by atoms with van der Waals surface area (Å²) < 4.78 is 5.54. The number of aryl methyl sites for hydroxylation is 2. The van der Waals surface area contributed by atoms with Gasteiger partial charge in [-0.2, -0.15) is 0 Å². The Morgan fingerprint density at radius 2 is 1.83 bits per heavy atom. The number of rotatable bonds is 11. The lowest BCUT2D eigenvalue weighted by Crippen LogP contribution is -2.06. The Labute approximate surface area is 172 Å². The summed E-state index contributed by atoms with van der Waals surface area (Å²) in [5, 5.41) is 8.16. The molecule has 0 aliphatic heterocycles. The molecule has 7 nitrogen and oxygen atoms in total. The lowest BCUT2D eigenvalue weighted by molar-refractivity contribution is 0.134. The van der Waals surface area contributed by atoms with Crippen molar-refractivity contribution in [1.29, 1.82) is 0 Å². The number of pyridine rings is 2. The monoisotopic (exact) mass is 398 g/mol. The van der Waals surface area contributed by atoms with Gasteiger partial charge in [-0.25, -0.2) is 0 Å². The summed E-state index contributed by atoms with van der Waals surface area (Å²) in [5.41, 5.74) is 6.10. The van der Waals surface area contributed by atoms with Crippen molar-refractivity contribution in [3.05, 3.63) is 58.7 Å². The van der Waals surface area contributed by atoms with Gasteiger partial charge in [0.15, 0.2) is 0 Å². The fourth-order valence-corrected chi connectivity index (χ4v) is 2.70. The van der Waals surface area contributed by atoms with Crippen LogP contribution in [0.2, 0.25) is 0 Å². The lowest BCUT2D eigenvalue weighted by Gasteiger charge is -2.09. The number of ether oxygens (including phenoxy) is 1. The molecule has 0 saturated heterocycles. The maximum atomic E-state index is 5.54. The molecule has 0 aromatic carbocycles. The van der Waals surface area contributed by atoms with Crippen molar-refractivity contribution in [3.8, 4) is 0 Å². The highest BCUT2D eigenvalue weighted by atomic mass is 16.6. The number of hydrogen-bond acceptors (Lipinski definition) is 7. The van der Waals surface area contributed by atoms with Crippen LogP contribution in [0.1, 0.15) is 55.5 Å².